The van der Waals surface area contributed by atoms with Crippen molar-refractivity contribution in [2.75, 3.05) is 17.7 Å². The van der Waals surface area contributed by atoms with Crippen LogP contribution in [0.1, 0.15) is 107 Å². The molecule has 1 aliphatic carbocycles. The molecule has 0 saturated carbocycles. The van der Waals surface area contributed by atoms with Crippen LogP contribution in [0.2, 0.25) is 0 Å². The molecule has 1 heterocycles. The summed E-state index contributed by atoms with van der Waals surface area (Å²) in [7, 11) is 0. The van der Waals surface area contributed by atoms with Crippen LogP contribution < -0.4 is 10.8 Å². The second-order valence-electron chi connectivity index (χ2n) is 13.8. The first kappa shape index (κ1) is 43.5. The molecule has 296 valence electrons. The topological polar surface area (TPSA) is 139 Å². The van der Waals surface area contributed by atoms with Gasteiger partial charge in [0.25, 0.3) is 0 Å². The molecule has 1 saturated heterocycles. The number of carbonyl (C=O) groups is 2. The number of nitrogens with zero attached hydrogens (tertiary/aromatic N) is 1. The Morgan fingerprint density at radius 1 is 0.982 bits per heavy atom. The van der Waals surface area contributed by atoms with Gasteiger partial charge in [-0.25, -0.2) is 10.5 Å². The zero-order valence-electron chi connectivity index (χ0n) is 32.3. The number of benzene rings is 2. The lowest BCUT2D eigenvalue weighted by Crippen LogP contribution is -2.32. The Kier molecular flexibility index (Phi) is 19.2. The SMILES string of the molecule is C/C=C\C=C/CC(C)N=C(OCC1=CC(C)=CC=CC1)SCC1OC(c2ccc(CO)cc2)CC(c2ccc(NC(=O)CCCCCCC(=O)NO)cc2)O1. The van der Waals surface area contributed by atoms with Crippen molar-refractivity contribution in [2.24, 2.45) is 4.99 Å². The molecular formula is C44H57N3O7S. The third-order valence-electron chi connectivity index (χ3n) is 9.12. The average Bonchev–Trinajstić information content (AvgIpc) is 3.42. The first-order valence-corrected chi connectivity index (χ1v) is 20.2. The van der Waals surface area contributed by atoms with Crippen LogP contribution in [-0.2, 0) is 30.4 Å². The highest BCUT2D eigenvalue weighted by Crippen LogP contribution is 2.40. The maximum Gasteiger partial charge on any atom is 0.246 e. The molecule has 4 unspecified atom stereocenters. The molecule has 55 heavy (non-hydrogen) atoms. The first-order valence-electron chi connectivity index (χ1n) is 19.2. The number of rotatable bonds is 19. The molecule has 10 nitrogen and oxygen atoms in total. The number of hydroxylamine groups is 1. The molecule has 1 aliphatic heterocycles. The van der Waals surface area contributed by atoms with Crippen molar-refractivity contribution in [3.05, 3.63) is 125 Å². The number of allylic oxidation sites excluding steroid dienone is 8. The molecule has 4 rings (SSSR count). The van der Waals surface area contributed by atoms with E-state index >= 15 is 0 Å². The summed E-state index contributed by atoms with van der Waals surface area (Å²) in [6.07, 6.45) is 21.4. The van der Waals surface area contributed by atoms with E-state index in [1.807, 2.05) is 73.7 Å². The number of hydrogen-bond acceptors (Lipinski definition) is 9. The number of amides is 2. The van der Waals surface area contributed by atoms with Crippen LogP contribution in [0, 0.1) is 0 Å². The molecule has 4 atom stereocenters. The van der Waals surface area contributed by atoms with Crippen molar-refractivity contribution in [3.8, 4) is 0 Å². The lowest BCUT2D eigenvalue weighted by molar-refractivity contribution is -0.236. The number of hydrogen-bond donors (Lipinski definition) is 4. The van der Waals surface area contributed by atoms with Gasteiger partial charge in [-0.1, -0.05) is 115 Å². The predicted octanol–water partition coefficient (Wildman–Crippen LogP) is 9.36. The Hall–Kier alpha value is -4.26. The largest absolute Gasteiger partial charge is 0.469 e. The Morgan fingerprint density at radius 2 is 1.65 bits per heavy atom. The third kappa shape index (κ3) is 16.2. The minimum atomic E-state index is -0.562. The van der Waals surface area contributed by atoms with Gasteiger partial charge in [-0.2, -0.15) is 0 Å². The number of aliphatic imine (C=N–C) groups is 1. The van der Waals surface area contributed by atoms with Gasteiger partial charge >= 0.3 is 0 Å². The molecule has 4 N–H and O–H groups in total. The number of carbonyl (C=O) groups excluding carboxylic acids is 2. The fraction of sp³-hybridized carbons (Fsp3) is 0.432. The molecule has 0 aromatic heterocycles. The number of anilines is 1. The normalized spacial score (nSPS) is 19.5. The van der Waals surface area contributed by atoms with Crippen LogP contribution in [0.5, 0.6) is 0 Å². The summed E-state index contributed by atoms with van der Waals surface area (Å²) in [5, 5.41) is 21.8. The minimum absolute atomic E-state index is 0.0125. The molecule has 0 radical (unpaired) electrons. The predicted molar refractivity (Wildman–Crippen MR) is 221 cm³/mol. The third-order valence-corrected chi connectivity index (χ3v) is 10.0. The second-order valence-corrected chi connectivity index (χ2v) is 14.8. The van der Waals surface area contributed by atoms with E-state index in [2.05, 4.69) is 49.5 Å². The van der Waals surface area contributed by atoms with Gasteiger partial charge in [0.1, 0.15) is 6.61 Å². The summed E-state index contributed by atoms with van der Waals surface area (Å²) in [5.74, 6) is 0.00687. The summed E-state index contributed by atoms with van der Waals surface area (Å²) in [6, 6.07) is 15.6. The second kappa shape index (κ2) is 24.3. The van der Waals surface area contributed by atoms with E-state index in [0.29, 0.717) is 42.5 Å². The Morgan fingerprint density at radius 3 is 2.31 bits per heavy atom. The lowest BCUT2D eigenvalue weighted by atomic mass is 9.96. The van der Waals surface area contributed by atoms with Gasteiger partial charge < -0.3 is 24.6 Å². The standard InChI is InChI=1S/C44H57N3O7S/c1-4-5-6-9-15-33(3)45-44(52-30-35-16-13-12-14-32(2)27-35)55-31-43-53-39(36-21-19-34(29-48)20-22-36)28-40(54-43)37-23-25-38(26-24-37)46-41(49)17-10-7-8-11-18-42(50)47-51/h4-6,9,12-14,19-27,33,39-40,43,48,51H,7-8,10-11,15-18,28-31H2,1-3H3,(H,46,49)(H,47,50)/b5-4-,9-6-,45-44?. The van der Waals surface area contributed by atoms with Crippen LogP contribution in [0.3, 0.4) is 0 Å². The Labute approximate surface area is 330 Å². The molecule has 2 aliphatic rings. The van der Waals surface area contributed by atoms with Crippen molar-refractivity contribution in [2.45, 2.75) is 110 Å². The maximum absolute atomic E-state index is 12.6. The van der Waals surface area contributed by atoms with Crippen molar-refractivity contribution in [3.63, 3.8) is 0 Å². The Bertz CT molecular complexity index is 1680. The molecule has 0 spiro atoms. The number of ether oxygens (including phenoxy) is 3. The van der Waals surface area contributed by atoms with Crippen molar-refractivity contribution < 1.29 is 34.1 Å². The fourth-order valence-electron chi connectivity index (χ4n) is 6.11. The van der Waals surface area contributed by atoms with Gasteiger partial charge in [-0.3, -0.25) is 14.8 Å². The van der Waals surface area contributed by atoms with E-state index in [1.165, 1.54) is 22.9 Å². The first-order chi connectivity index (χ1) is 26.8. The highest BCUT2D eigenvalue weighted by atomic mass is 32.2. The van der Waals surface area contributed by atoms with E-state index in [-0.39, 0.29) is 37.2 Å². The average molecular weight is 772 g/mol. The minimum Gasteiger partial charge on any atom is -0.469 e. The molecule has 2 amide bonds. The molecule has 0 bridgehead atoms. The van der Waals surface area contributed by atoms with Gasteiger partial charge in [-0.15, -0.1) is 0 Å². The van der Waals surface area contributed by atoms with E-state index in [9.17, 15) is 14.7 Å². The van der Waals surface area contributed by atoms with Crippen molar-refractivity contribution in [1.82, 2.24) is 5.48 Å². The summed E-state index contributed by atoms with van der Waals surface area (Å²) >= 11 is 1.49. The summed E-state index contributed by atoms with van der Waals surface area (Å²) < 4.78 is 19.6. The van der Waals surface area contributed by atoms with Crippen LogP contribution in [-0.4, -0.2) is 52.0 Å². The van der Waals surface area contributed by atoms with E-state index in [4.69, 9.17) is 24.4 Å². The molecule has 2 aromatic carbocycles. The summed E-state index contributed by atoms with van der Waals surface area (Å²) in [5.41, 5.74) is 7.52. The Balaban J connectivity index is 1.43. The number of nitrogens with one attached hydrogen (secondary N) is 2. The molecule has 1 fully saturated rings. The van der Waals surface area contributed by atoms with Crippen LogP contribution in [0.4, 0.5) is 5.69 Å². The van der Waals surface area contributed by atoms with Gasteiger partial charge in [0, 0.05) is 24.9 Å². The number of aliphatic hydroxyl groups is 1. The van der Waals surface area contributed by atoms with Crippen LogP contribution in [0.15, 0.2) is 113 Å². The molecule has 2 aromatic rings. The van der Waals surface area contributed by atoms with E-state index < -0.39 is 12.2 Å². The highest BCUT2D eigenvalue weighted by Gasteiger charge is 2.32. The van der Waals surface area contributed by atoms with Gasteiger partial charge in [0.15, 0.2) is 6.29 Å². The van der Waals surface area contributed by atoms with E-state index in [0.717, 1.165) is 48.8 Å². The number of unbranched alkanes of at least 4 members (excludes halogenated alkanes) is 3. The van der Waals surface area contributed by atoms with Crippen LogP contribution >= 0.6 is 11.8 Å². The van der Waals surface area contributed by atoms with Crippen molar-refractivity contribution in [1.29, 1.82) is 0 Å². The van der Waals surface area contributed by atoms with E-state index in [1.54, 1.807) is 5.48 Å². The van der Waals surface area contributed by atoms with Crippen LogP contribution in [0.25, 0.3) is 0 Å². The molecule has 11 heteroatoms. The van der Waals surface area contributed by atoms with Gasteiger partial charge in [0.2, 0.25) is 17.0 Å². The summed E-state index contributed by atoms with van der Waals surface area (Å²) in [6.45, 7) is 6.57. The summed E-state index contributed by atoms with van der Waals surface area (Å²) in [4.78, 5) is 28.7. The number of aliphatic hydroxyl groups excluding tert-OH is 1. The van der Waals surface area contributed by atoms with Gasteiger partial charge in [0.05, 0.1) is 30.6 Å². The van der Waals surface area contributed by atoms with Crippen molar-refractivity contribution >= 4 is 34.5 Å². The zero-order chi connectivity index (χ0) is 39.3. The smallest absolute Gasteiger partial charge is 0.246 e. The zero-order valence-corrected chi connectivity index (χ0v) is 33.1. The van der Waals surface area contributed by atoms with Gasteiger partial charge in [-0.05, 0) is 80.9 Å². The highest BCUT2D eigenvalue weighted by molar-refractivity contribution is 8.13. The quantitative estimate of drug-likeness (QED) is 0.0277. The maximum atomic E-state index is 12.6. The monoisotopic (exact) mass is 771 g/mol. The fourth-order valence-corrected chi connectivity index (χ4v) is 6.94. The number of thioether (sulfide) groups is 1. The lowest BCUT2D eigenvalue weighted by Gasteiger charge is -2.36. The molecular weight excluding hydrogens is 715 g/mol.